The van der Waals surface area contributed by atoms with E-state index in [9.17, 15) is 9.59 Å². The number of carbonyl (C=O) groups is 2. The summed E-state index contributed by atoms with van der Waals surface area (Å²) in [4.78, 5) is 28.3. The van der Waals surface area contributed by atoms with Crippen LogP contribution >= 0.6 is 0 Å². The lowest BCUT2D eigenvalue weighted by Crippen LogP contribution is -2.16. The maximum atomic E-state index is 12.4. The first-order chi connectivity index (χ1) is 12.6. The summed E-state index contributed by atoms with van der Waals surface area (Å²) in [6.45, 7) is 1.79. The van der Waals surface area contributed by atoms with E-state index in [1.807, 2.05) is 0 Å². The Morgan fingerprint density at radius 3 is 2.62 bits per heavy atom. The largest absolute Gasteiger partial charge is 0.465 e. The first kappa shape index (κ1) is 17.2. The Labute approximate surface area is 149 Å². The van der Waals surface area contributed by atoms with Gasteiger partial charge in [-0.3, -0.25) is 4.79 Å². The molecule has 0 atom stereocenters. The summed E-state index contributed by atoms with van der Waals surface area (Å²) in [7, 11) is 1.28. The number of aromatic nitrogens is 2. The summed E-state index contributed by atoms with van der Waals surface area (Å²) in [6, 6.07) is 11.6. The molecule has 2 N–H and O–H groups in total. The summed E-state index contributed by atoms with van der Waals surface area (Å²) in [5.74, 6) is 0.260. The average molecular weight is 352 g/mol. The number of para-hydroxylation sites is 1. The highest BCUT2D eigenvalue weighted by Crippen LogP contribution is 2.18. The maximum Gasteiger partial charge on any atom is 0.339 e. The number of rotatable bonds is 5. The number of nitrogens with zero attached hydrogens (tertiary/aromatic N) is 2. The van der Waals surface area contributed by atoms with Crippen molar-refractivity contribution in [3.63, 3.8) is 0 Å². The van der Waals surface area contributed by atoms with Gasteiger partial charge in [-0.25, -0.2) is 9.78 Å². The van der Waals surface area contributed by atoms with Crippen LogP contribution in [0.2, 0.25) is 0 Å². The lowest BCUT2D eigenvalue weighted by Gasteiger charge is -2.09. The zero-order valence-electron chi connectivity index (χ0n) is 14.1. The second-order valence-corrected chi connectivity index (χ2v) is 5.37. The summed E-state index contributed by atoms with van der Waals surface area (Å²) < 4.78 is 9.68. The Bertz CT molecular complexity index is 934. The topological polar surface area (TPSA) is 106 Å². The van der Waals surface area contributed by atoms with E-state index in [0.29, 0.717) is 23.0 Å². The van der Waals surface area contributed by atoms with E-state index in [4.69, 9.17) is 9.26 Å². The molecule has 26 heavy (non-hydrogen) atoms. The maximum absolute atomic E-state index is 12.4. The van der Waals surface area contributed by atoms with Crippen LogP contribution in [0.1, 0.15) is 26.6 Å². The number of pyridine rings is 1. The number of benzene rings is 1. The molecule has 0 saturated carbocycles. The van der Waals surface area contributed by atoms with Gasteiger partial charge < -0.3 is 19.9 Å². The number of ether oxygens (including phenoxy) is 1. The monoisotopic (exact) mass is 352 g/mol. The van der Waals surface area contributed by atoms with Crippen LogP contribution in [-0.4, -0.2) is 29.1 Å². The molecule has 2 heterocycles. The van der Waals surface area contributed by atoms with Gasteiger partial charge in [0.05, 0.1) is 30.2 Å². The normalized spacial score (nSPS) is 10.2. The Balaban J connectivity index is 1.72. The van der Waals surface area contributed by atoms with Crippen LogP contribution < -0.4 is 10.6 Å². The van der Waals surface area contributed by atoms with Crippen molar-refractivity contribution in [1.29, 1.82) is 0 Å². The molecule has 3 rings (SSSR count). The van der Waals surface area contributed by atoms with Crippen molar-refractivity contribution >= 4 is 29.1 Å². The van der Waals surface area contributed by atoms with E-state index in [1.54, 1.807) is 49.4 Å². The fraction of sp³-hybridized carbons (Fsp3) is 0.111. The summed E-state index contributed by atoms with van der Waals surface area (Å²) in [5.41, 5.74) is 1.48. The predicted octanol–water partition coefficient (Wildman–Crippen LogP) is 3.16. The highest BCUT2D eigenvalue weighted by Gasteiger charge is 2.15. The lowest BCUT2D eigenvalue weighted by molar-refractivity contribution is 0.0602. The molecule has 0 saturated heterocycles. The SMILES string of the molecule is COC(=O)c1ccccc1NC(=O)c1ccc(Nc2cc(C)on2)cn1. The number of hydrogen-bond donors (Lipinski definition) is 2. The Kier molecular flexibility index (Phi) is 4.93. The van der Waals surface area contributed by atoms with E-state index in [2.05, 4.69) is 20.8 Å². The minimum Gasteiger partial charge on any atom is -0.465 e. The molecule has 132 valence electrons. The van der Waals surface area contributed by atoms with Crippen LogP contribution in [0.4, 0.5) is 17.2 Å². The van der Waals surface area contributed by atoms with Gasteiger partial charge in [-0.1, -0.05) is 17.3 Å². The summed E-state index contributed by atoms with van der Waals surface area (Å²) in [6.07, 6.45) is 1.51. The Morgan fingerprint density at radius 1 is 1.15 bits per heavy atom. The summed E-state index contributed by atoms with van der Waals surface area (Å²) >= 11 is 0. The van der Waals surface area contributed by atoms with Crippen LogP contribution in [0.25, 0.3) is 0 Å². The molecule has 1 aromatic carbocycles. The third kappa shape index (κ3) is 3.86. The van der Waals surface area contributed by atoms with E-state index in [1.165, 1.54) is 13.3 Å². The van der Waals surface area contributed by atoms with E-state index in [0.717, 1.165) is 0 Å². The second-order valence-electron chi connectivity index (χ2n) is 5.37. The van der Waals surface area contributed by atoms with Crippen molar-refractivity contribution in [2.24, 2.45) is 0 Å². The number of esters is 1. The number of anilines is 3. The van der Waals surface area contributed by atoms with Gasteiger partial charge in [0.2, 0.25) is 0 Å². The Hall–Kier alpha value is -3.68. The molecular formula is C18H16N4O4. The molecule has 1 amide bonds. The van der Waals surface area contributed by atoms with E-state index in [-0.39, 0.29) is 11.3 Å². The number of aryl methyl sites for hydroxylation is 1. The van der Waals surface area contributed by atoms with Gasteiger partial charge >= 0.3 is 5.97 Å². The quantitative estimate of drug-likeness (QED) is 0.679. The molecule has 0 unspecified atom stereocenters. The van der Waals surface area contributed by atoms with Crippen molar-refractivity contribution in [1.82, 2.24) is 10.1 Å². The van der Waals surface area contributed by atoms with Gasteiger partial charge in [0, 0.05) is 6.07 Å². The molecule has 2 aromatic heterocycles. The van der Waals surface area contributed by atoms with Gasteiger partial charge in [0.1, 0.15) is 11.5 Å². The second kappa shape index (κ2) is 7.47. The van der Waals surface area contributed by atoms with Crippen LogP contribution in [0.3, 0.4) is 0 Å². The minimum absolute atomic E-state index is 0.201. The zero-order valence-corrected chi connectivity index (χ0v) is 14.1. The van der Waals surface area contributed by atoms with Gasteiger partial charge in [-0.05, 0) is 31.2 Å². The van der Waals surface area contributed by atoms with Gasteiger partial charge in [-0.2, -0.15) is 0 Å². The fourth-order valence-electron chi connectivity index (χ4n) is 2.24. The highest BCUT2D eigenvalue weighted by molar-refractivity contribution is 6.07. The molecule has 3 aromatic rings. The molecule has 8 heteroatoms. The van der Waals surface area contributed by atoms with Crippen molar-refractivity contribution in [2.45, 2.75) is 6.92 Å². The van der Waals surface area contributed by atoms with Crippen molar-refractivity contribution < 1.29 is 18.8 Å². The minimum atomic E-state index is -0.531. The zero-order chi connectivity index (χ0) is 18.5. The van der Waals surface area contributed by atoms with E-state index >= 15 is 0 Å². The number of hydrogen-bond acceptors (Lipinski definition) is 7. The molecule has 0 spiro atoms. The van der Waals surface area contributed by atoms with Crippen LogP contribution in [0.15, 0.2) is 53.2 Å². The van der Waals surface area contributed by atoms with Crippen LogP contribution in [-0.2, 0) is 4.74 Å². The van der Waals surface area contributed by atoms with Crippen molar-refractivity contribution in [2.75, 3.05) is 17.7 Å². The number of nitrogens with one attached hydrogen (secondary N) is 2. The predicted molar refractivity (Wildman–Crippen MR) is 94.5 cm³/mol. The number of amides is 1. The molecule has 0 aliphatic carbocycles. The van der Waals surface area contributed by atoms with Crippen LogP contribution in [0.5, 0.6) is 0 Å². The van der Waals surface area contributed by atoms with Gasteiger partial charge in [0.15, 0.2) is 5.82 Å². The molecule has 0 aliphatic rings. The van der Waals surface area contributed by atoms with E-state index < -0.39 is 11.9 Å². The smallest absolute Gasteiger partial charge is 0.339 e. The Morgan fingerprint density at radius 2 is 1.96 bits per heavy atom. The first-order valence-electron chi connectivity index (χ1n) is 7.72. The summed E-state index contributed by atoms with van der Waals surface area (Å²) in [5, 5.41) is 9.50. The van der Waals surface area contributed by atoms with Crippen molar-refractivity contribution in [3.05, 3.63) is 65.7 Å². The molecular weight excluding hydrogens is 336 g/mol. The molecule has 0 radical (unpaired) electrons. The number of carbonyl (C=O) groups excluding carboxylic acids is 2. The third-order valence-corrected chi connectivity index (χ3v) is 3.48. The molecule has 8 nitrogen and oxygen atoms in total. The molecule has 0 fully saturated rings. The fourth-order valence-corrected chi connectivity index (χ4v) is 2.24. The number of methoxy groups -OCH3 is 1. The van der Waals surface area contributed by atoms with Crippen molar-refractivity contribution in [3.8, 4) is 0 Å². The highest BCUT2D eigenvalue weighted by atomic mass is 16.5. The van der Waals surface area contributed by atoms with Gasteiger partial charge in [-0.15, -0.1) is 0 Å². The standard InChI is InChI=1S/C18H16N4O4/c1-11-9-16(22-26-11)20-12-7-8-15(19-10-12)17(23)21-14-6-4-3-5-13(14)18(24)25-2/h3-10H,1-2H3,(H,20,22)(H,21,23). The molecule has 0 aliphatic heterocycles. The average Bonchev–Trinajstić information content (AvgIpc) is 3.07. The third-order valence-electron chi connectivity index (χ3n) is 3.48. The van der Waals surface area contributed by atoms with Crippen LogP contribution in [0, 0.1) is 6.92 Å². The lowest BCUT2D eigenvalue weighted by atomic mass is 10.1. The molecule has 0 bridgehead atoms. The first-order valence-corrected chi connectivity index (χ1v) is 7.72. The van der Waals surface area contributed by atoms with Gasteiger partial charge in [0.25, 0.3) is 5.91 Å².